The number of urea groups is 1. The highest BCUT2D eigenvalue weighted by molar-refractivity contribution is 7.85. The summed E-state index contributed by atoms with van der Waals surface area (Å²) in [4.78, 5) is 23.9. The standard InChI is InChI=1S/C10H12N4O5S/c1-20(17,18)19-6-7-2-3-8(13-12-7)14-5-4-9(15)11-10(14)16/h2-3H,4-6H2,1H3,(H,11,15,16). The third-order valence-electron chi connectivity index (χ3n) is 2.46. The molecule has 1 saturated heterocycles. The second kappa shape index (κ2) is 5.51. The van der Waals surface area contributed by atoms with Crippen LogP contribution in [0.4, 0.5) is 10.6 Å². The van der Waals surface area contributed by atoms with E-state index < -0.39 is 16.1 Å². The summed E-state index contributed by atoms with van der Waals surface area (Å²) in [7, 11) is -3.55. The van der Waals surface area contributed by atoms with Crippen molar-refractivity contribution in [3.05, 3.63) is 17.8 Å². The Hall–Kier alpha value is -2.07. The van der Waals surface area contributed by atoms with Crippen molar-refractivity contribution in [2.75, 3.05) is 17.7 Å². The van der Waals surface area contributed by atoms with Crippen LogP contribution in [-0.4, -0.2) is 43.4 Å². The lowest BCUT2D eigenvalue weighted by molar-refractivity contribution is -0.120. The van der Waals surface area contributed by atoms with Crippen LogP contribution in [0.1, 0.15) is 12.1 Å². The first-order chi connectivity index (χ1) is 9.35. The summed E-state index contributed by atoms with van der Waals surface area (Å²) in [6.45, 7) is -0.00463. The number of hydrogen-bond acceptors (Lipinski definition) is 7. The lowest BCUT2D eigenvalue weighted by Crippen LogP contribution is -2.50. The Morgan fingerprint density at radius 1 is 1.35 bits per heavy atom. The molecular weight excluding hydrogens is 288 g/mol. The normalized spacial score (nSPS) is 16.1. The Kier molecular flexibility index (Phi) is 3.95. The number of nitrogens with zero attached hydrogens (tertiary/aromatic N) is 3. The Balaban J connectivity index is 2.04. The number of aromatic nitrogens is 2. The van der Waals surface area contributed by atoms with Crippen molar-refractivity contribution in [1.29, 1.82) is 0 Å². The SMILES string of the molecule is CS(=O)(=O)OCc1ccc(N2CCC(=O)NC2=O)nn1. The van der Waals surface area contributed by atoms with Crippen molar-refractivity contribution in [2.45, 2.75) is 13.0 Å². The first kappa shape index (κ1) is 14.3. The summed E-state index contributed by atoms with van der Waals surface area (Å²) >= 11 is 0. The van der Waals surface area contributed by atoms with Crippen LogP contribution in [-0.2, 0) is 25.7 Å². The first-order valence-corrected chi connectivity index (χ1v) is 7.45. The maximum atomic E-state index is 11.6. The van der Waals surface area contributed by atoms with Crippen molar-refractivity contribution in [1.82, 2.24) is 15.5 Å². The van der Waals surface area contributed by atoms with Gasteiger partial charge in [0.05, 0.1) is 11.9 Å². The highest BCUT2D eigenvalue weighted by Gasteiger charge is 2.25. The van der Waals surface area contributed by atoms with Crippen LogP contribution >= 0.6 is 0 Å². The van der Waals surface area contributed by atoms with Crippen molar-refractivity contribution in [3.8, 4) is 0 Å². The molecule has 0 bridgehead atoms. The van der Waals surface area contributed by atoms with E-state index in [1.54, 1.807) is 0 Å². The predicted molar refractivity (Wildman–Crippen MR) is 67.2 cm³/mol. The van der Waals surface area contributed by atoms with E-state index in [1.807, 2.05) is 0 Å². The molecule has 1 aromatic rings. The molecule has 3 amide bonds. The third kappa shape index (κ3) is 3.71. The summed E-state index contributed by atoms with van der Waals surface area (Å²) in [5.41, 5.74) is 0.313. The van der Waals surface area contributed by atoms with Gasteiger partial charge in [-0.25, -0.2) is 4.79 Å². The van der Waals surface area contributed by atoms with E-state index in [4.69, 9.17) is 0 Å². The van der Waals surface area contributed by atoms with E-state index in [0.717, 1.165) is 6.26 Å². The molecule has 0 saturated carbocycles. The first-order valence-electron chi connectivity index (χ1n) is 5.63. The predicted octanol–water partition coefficient (Wildman–Crippen LogP) is -0.601. The fourth-order valence-corrected chi connectivity index (χ4v) is 1.86. The molecule has 1 aliphatic heterocycles. The number of hydrogen-bond donors (Lipinski definition) is 1. The van der Waals surface area contributed by atoms with Crippen LogP contribution in [0.15, 0.2) is 12.1 Å². The number of nitrogens with one attached hydrogen (secondary N) is 1. The lowest BCUT2D eigenvalue weighted by atomic mass is 10.3. The van der Waals surface area contributed by atoms with E-state index in [1.165, 1.54) is 17.0 Å². The van der Waals surface area contributed by atoms with Crippen molar-refractivity contribution in [3.63, 3.8) is 0 Å². The van der Waals surface area contributed by atoms with Gasteiger partial charge >= 0.3 is 6.03 Å². The van der Waals surface area contributed by atoms with Gasteiger partial charge in [0.1, 0.15) is 6.61 Å². The summed E-state index contributed by atoms with van der Waals surface area (Å²) in [5.74, 6) is -0.0597. The Labute approximate surface area is 115 Å². The molecule has 108 valence electrons. The van der Waals surface area contributed by atoms with Crippen LogP contribution in [0.25, 0.3) is 0 Å². The van der Waals surface area contributed by atoms with Gasteiger partial charge in [-0.2, -0.15) is 13.5 Å². The van der Waals surface area contributed by atoms with E-state index in [9.17, 15) is 18.0 Å². The van der Waals surface area contributed by atoms with Gasteiger partial charge in [-0.15, -0.1) is 5.10 Å². The van der Waals surface area contributed by atoms with Gasteiger partial charge in [0.15, 0.2) is 5.82 Å². The summed E-state index contributed by atoms with van der Waals surface area (Å²) < 4.78 is 26.2. The molecule has 0 spiro atoms. The molecule has 2 rings (SSSR count). The highest BCUT2D eigenvalue weighted by atomic mass is 32.2. The van der Waals surface area contributed by atoms with Crippen LogP contribution in [0.3, 0.4) is 0 Å². The number of imide groups is 1. The zero-order valence-electron chi connectivity index (χ0n) is 10.6. The molecule has 1 aliphatic rings. The third-order valence-corrected chi connectivity index (χ3v) is 3.00. The second-order valence-corrected chi connectivity index (χ2v) is 5.75. The molecule has 0 aliphatic carbocycles. The Bertz CT molecular complexity index is 628. The van der Waals surface area contributed by atoms with Crippen LogP contribution in [0.5, 0.6) is 0 Å². The Morgan fingerprint density at radius 2 is 2.10 bits per heavy atom. The quantitative estimate of drug-likeness (QED) is 0.737. The molecule has 0 aromatic carbocycles. The van der Waals surface area contributed by atoms with E-state index in [-0.39, 0.29) is 31.3 Å². The van der Waals surface area contributed by atoms with Gasteiger partial charge in [0.2, 0.25) is 5.91 Å². The topological polar surface area (TPSA) is 119 Å². The minimum absolute atomic E-state index is 0.187. The van der Waals surface area contributed by atoms with Crippen LogP contribution in [0, 0.1) is 0 Å². The van der Waals surface area contributed by atoms with Crippen LogP contribution < -0.4 is 10.2 Å². The van der Waals surface area contributed by atoms with Crippen molar-refractivity contribution >= 4 is 27.9 Å². The largest absolute Gasteiger partial charge is 0.329 e. The molecule has 1 aromatic heterocycles. The molecular formula is C10H12N4O5S. The van der Waals surface area contributed by atoms with Gasteiger partial charge < -0.3 is 0 Å². The smallest absolute Gasteiger partial charge is 0.278 e. The Morgan fingerprint density at radius 3 is 2.65 bits per heavy atom. The minimum atomic E-state index is -3.55. The fraction of sp³-hybridized carbons (Fsp3) is 0.400. The molecule has 1 fully saturated rings. The summed E-state index contributed by atoms with van der Waals surface area (Å²) in [5, 5.41) is 9.74. The van der Waals surface area contributed by atoms with Gasteiger partial charge in [0.25, 0.3) is 10.1 Å². The van der Waals surface area contributed by atoms with E-state index >= 15 is 0 Å². The monoisotopic (exact) mass is 300 g/mol. The minimum Gasteiger partial charge on any atom is -0.278 e. The zero-order valence-corrected chi connectivity index (χ0v) is 11.4. The molecule has 0 radical (unpaired) electrons. The van der Waals surface area contributed by atoms with Crippen molar-refractivity contribution < 1.29 is 22.2 Å². The lowest BCUT2D eigenvalue weighted by Gasteiger charge is -2.24. The highest BCUT2D eigenvalue weighted by Crippen LogP contribution is 2.13. The molecule has 20 heavy (non-hydrogen) atoms. The van der Waals surface area contributed by atoms with E-state index in [2.05, 4.69) is 19.7 Å². The number of rotatable bonds is 4. The maximum Gasteiger partial charge on any atom is 0.329 e. The molecule has 2 heterocycles. The molecule has 1 N–H and O–H groups in total. The van der Waals surface area contributed by atoms with Gasteiger partial charge in [-0.05, 0) is 12.1 Å². The zero-order chi connectivity index (χ0) is 14.8. The van der Waals surface area contributed by atoms with Crippen LogP contribution in [0.2, 0.25) is 0 Å². The van der Waals surface area contributed by atoms with E-state index in [0.29, 0.717) is 5.69 Å². The number of carbonyl (C=O) groups excluding carboxylic acids is 2. The summed E-state index contributed by atoms with van der Waals surface area (Å²) in [6, 6.07) is 2.44. The molecule has 9 nitrogen and oxygen atoms in total. The van der Waals surface area contributed by atoms with Crippen molar-refractivity contribution in [2.24, 2.45) is 0 Å². The average molecular weight is 300 g/mol. The van der Waals surface area contributed by atoms with Gasteiger partial charge in [-0.1, -0.05) is 0 Å². The summed E-state index contributed by atoms with van der Waals surface area (Å²) in [6.07, 6.45) is 1.12. The maximum absolute atomic E-state index is 11.6. The number of carbonyl (C=O) groups is 2. The molecule has 0 unspecified atom stereocenters. The number of anilines is 1. The fourth-order valence-electron chi connectivity index (χ4n) is 1.52. The molecule has 10 heteroatoms. The average Bonchev–Trinajstić information content (AvgIpc) is 2.36. The van der Waals surface area contributed by atoms with Gasteiger partial charge in [0, 0.05) is 13.0 Å². The van der Waals surface area contributed by atoms with Gasteiger partial charge in [-0.3, -0.25) is 19.2 Å². The number of amides is 3. The molecule has 0 atom stereocenters. The second-order valence-electron chi connectivity index (χ2n) is 4.10.